The summed E-state index contributed by atoms with van der Waals surface area (Å²) in [6.07, 6.45) is 5.53. The zero-order chi connectivity index (χ0) is 14.5. The molecule has 0 spiro atoms. The molecule has 5 nitrogen and oxygen atoms in total. The van der Waals surface area contributed by atoms with Crippen molar-refractivity contribution in [3.05, 3.63) is 12.2 Å². The van der Waals surface area contributed by atoms with E-state index < -0.39 is 17.2 Å². The summed E-state index contributed by atoms with van der Waals surface area (Å²) < 4.78 is 5.17. The van der Waals surface area contributed by atoms with Crippen LogP contribution in [0.15, 0.2) is 12.2 Å². The fourth-order valence-corrected chi connectivity index (χ4v) is 1.64. The zero-order valence-corrected chi connectivity index (χ0v) is 12.2. The molecule has 0 aromatic heterocycles. The first-order chi connectivity index (χ1) is 8.79. The van der Waals surface area contributed by atoms with Crippen LogP contribution in [0.3, 0.4) is 0 Å². The predicted octanol–water partition coefficient (Wildman–Crippen LogP) is 2.13. The topological polar surface area (TPSA) is 67.4 Å². The third-order valence-electron chi connectivity index (χ3n) is 2.76. The number of rotatable bonds is 5. The van der Waals surface area contributed by atoms with Gasteiger partial charge in [-0.05, 0) is 47.0 Å². The minimum atomic E-state index is -0.752. The van der Waals surface area contributed by atoms with Crippen molar-refractivity contribution < 1.29 is 14.3 Å². The third kappa shape index (κ3) is 5.32. The standard InChI is InChI=1S/C14H24N2O3/c1-5-6-7-10-15-11(17)14(8-9-14)16-12(18)19-13(2,3)4/h5-6H,7-10H2,1-4H3,(H,15,17)(H,16,18)/b6-5-. The van der Waals surface area contributed by atoms with Gasteiger partial charge in [-0.1, -0.05) is 12.2 Å². The minimum Gasteiger partial charge on any atom is -0.444 e. The SMILES string of the molecule is C/C=C\CCNC(=O)C1(NC(=O)OC(C)(C)C)CC1. The van der Waals surface area contributed by atoms with E-state index in [9.17, 15) is 9.59 Å². The molecule has 0 heterocycles. The summed E-state index contributed by atoms with van der Waals surface area (Å²) in [6, 6.07) is 0. The molecule has 0 atom stereocenters. The summed E-state index contributed by atoms with van der Waals surface area (Å²) in [6.45, 7) is 7.91. The Hall–Kier alpha value is -1.52. The molecule has 5 heteroatoms. The summed E-state index contributed by atoms with van der Waals surface area (Å²) in [4.78, 5) is 23.7. The first-order valence-electron chi connectivity index (χ1n) is 6.70. The molecule has 0 aliphatic heterocycles. The van der Waals surface area contributed by atoms with Crippen LogP contribution in [0.25, 0.3) is 0 Å². The number of hydrogen-bond donors (Lipinski definition) is 2. The van der Waals surface area contributed by atoms with Crippen LogP contribution in [-0.4, -0.2) is 29.7 Å². The summed E-state index contributed by atoms with van der Waals surface area (Å²) in [7, 11) is 0. The molecule has 1 aliphatic rings. The lowest BCUT2D eigenvalue weighted by Crippen LogP contribution is -2.50. The van der Waals surface area contributed by atoms with Crippen LogP contribution in [0.2, 0.25) is 0 Å². The van der Waals surface area contributed by atoms with Gasteiger partial charge in [-0.2, -0.15) is 0 Å². The van der Waals surface area contributed by atoms with Crippen LogP contribution in [-0.2, 0) is 9.53 Å². The van der Waals surface area contributed by atoms with E-state index in [1.165, 1.54) is 0 Å². The van der Waals surface area contributed by atoms with Gasteiger partial charge in [0, 0.05) is 6.54 Å². The fraction of sp³-hybridized carbons (Fsp3) is 0.714. The molecule has 1 saturated carbocycles. The number of ether oxygens (including phenoxy) is 1. The molecule has 2 amide bonds. The maximum Gasteiger partial charge on any atom is 0.408 e. The molecule has 0 bridgehead atoms. The van der Waals surface area contributed by atoms with E-state index in [0.717, 1.165) is 6.42 Å². The maximum atomic E-state index is 12.0. The number of carbonyl (C=O) groups excluding carboxylic acids is 2. The van der Waals surface area contributed by atoms with Crippen molar-refractivity contribution in [1.29, 1.82) is 0 Å². The van der Waals surface area contributed by atoms with Gasteiger partial charge >= 0.3 is 6.09 Å². The Labute approximate surface area is 114 Å². The number of hydrogen-bond acceptors (Lipinski definition) is 3. The second-order valence-electron chi connectivity index (χ2n) is 5.82. The normalized spacial score (nSPS) is 17.1. The van der Waals surface area contributed by atoms with Crippen LogP contribution >= 0.6 is 0 Å². The van der Waals surface area contributed by atoms with Gasteiger partial charge < -0.3 is 15.4 Å². The van der Waals surface area contributed by atoms with Gasteiger partial charge in [0.1, 0.15) is 11.1 Å². The second kappa shape index (κ2) is 6.08. The highest BCUT2D eigenvalue weighted by Crippen LogP contribution is 2.35. The highest BCUT2D eigenvalue weighted by molar-refractivity contribution is 5.92. The fourth-order valence-electron chi connectivity index (χ4n) is 1.64. The van der Waals surface area contributed by atoms with Crippen LogP contribution < -0.4 is 10.6 Å². The van der Waals surface area contributed by atoms with Crippen molar-refractivity contribution >= 4 is 12.0 Å². The van der Waals surface area contributed by atoms with Crippen LogP contribution in [0.1, 0.15) is 47.0 Å². The molecule has 2 N–H and O–H groups in total. The average molecular weight is 268 g/mol. The third-order valence-corrected chi connectivity index (χ3v) is 2.76. The first-order valence-corrected chi connectivity index (χ1v) is 6.70. The van der Waals surface area contributed by atoms with Gasteiger partial charge in [0.05, 0.1) is 0 Å². The Morgan fingerprint density at radius 1 is 1.32 bits per heavy atom. The van der Waals surface area contributed by atoms with Crippen molar-refractivity contribution in [3.63, 3.8) is 0 Å². The number of allylic oxidation sites excluding steroid dienone is 1. The quantitative estimate of drug-likeness (QED) is 0.593. The number of amides is 2. The summed E-state index contributed by atoms with van der Waals surface area (Å²) in [5.74, 6) is -0.122. The average Bonchev–Trinajstić information content (AvgIpc) is 3.02. The van der Waals surface area contributed by atoms with Gasteiger partial charge in [-0.15, -0.1) is 0 Å². The lowest BCUT2D eigenvalue weighted by atomic mass is 10.2. The number of alkyl carbamates (subject to hydrolysis) is 1. The van der Waals surface area contributed by atoms with Crippen LogP contribution in [0, 0.1) is 0 Å². The van der Waals surface area contributed by atoms with Crippen molar-refractivity contribution in [3.8, 4) is 0 Å². The second-order valence-corrected chi connectivity index (χ2v) is 5.82. The predicted molar refractivity (Wildman–Crippen MR) is 73.8 cm³/mol. The molecule has 1 fully saturated rings. The Morgan fingerprint density at radius 3 is 2.42 bits per heavy atom. The Morgan fingerprint density at radius 2 is 1.95 bits per heavy atom. The van der Waals surface area contributed by atoms with E-state index in [2.05, 4.69) is 10.6 Å². The van der Waals surface area contributed by atoms with E-state index in [4.69, 9.17) is 4.74 Å². The maximum absolute atomic E-state index is 12.0. The molecular weight excluding hydrogens is 244 g/mol. The monoisotopic (exact) mass is 268 g/mol. The summed E-state index contributed by atoms with van der Waals surface area (Å²) in [5.41, 5.74) is -1.30. The molecule has 108 valence electrons. The van der Waals surface area contributed by atoms with E-state index >= 15 is 0 Å². The highest BCUT2D eigenvalue weighted by Gasteiger charge is 2.51. The van der Waals surface area contributed by atoms with Crippen molar-refractivity contribution in [2.24, 2.45) is 0 Å². The molecule has 0 aromatic carbocycles. The Kier molecular flexibility index (Phi) is 4.97. The van der Waals surface area contributed by atoms with E-state index in [-0.39, 0.29) is 5.91 Å². The van der Waals surface area contributed by atoms with Crippen molar-refractivity contribution in [2.75, 3.05) is 6.54 Å². The summed E-state index contributed by atoms with van der Waals surface area (Å²) in [5, 5.41) is 5.50. The van der Waals surface area contributed by atoms with Gasteiger partial charge in [0.15, 0.2) is 0 Å². The van der Waals surface area contributed by atoms with Gasteiger partial charge in [-0.25, -0.2) is 4.79 Å². The summed E-state index contributed by atoms with van der Waals surface area (Å²) >= 11 is 0. The Balaban J connectivity index is 2.39. The molecule has 0 unspecified atom stereocenters. The largest absolute Gasteiger partial charge is 0.444 e. The number of nitrogens with one attached hydrogen (secondary N) is 2. The molecule has 0 radical (unpaired) electrons. The Bertz CT molecular complexity index is 365. The van der Waals surface area contributed by atoms with Crippen molar-refractivity contribution in [2.45, 2.75) is 58.1 Å². The number of carbonyl (C=O) groups is 2. The molecule has 0 aromatic rings. The van der Waals surface area contributed by atoms with Gasteiger partial charge in [-0.3, -0.25) is 4.79 Å². The lowest BCUT2D eigenvalue weighted by Gasteiger charge is -2.23. The smallest absolute Gasteiger partial charge is 0.408 e. The molecular formula is C14H24N2O3. The van der Waals surface area contributed by atoms with Crippen molar-refractivity contribution in [1.82, 2.24) is 10.6 Å². The minimum absolute atomic E-state index is 0.122. The molecule has 1 aliphatic carbocycles. The first kappa shape index (κ1) is 15.5. The molecule has 19 heavy (non-hydrogen) atoms. The molecule has 1 rings (SSSR count). The van der Waals surface area contributed by atoms with Gasteiger partial charge in [0.25, 0.3) is 0 Å². The van der Waals surface area contributed by atoms with Crippen LogP contribution in [0.4, 0.5) is 4.79 Å². The lowest BCUT2D eigenvalue weighted by molar-refractivity contribution is -0.124. The van der Waals surface area contributed by atoms with E-state index in [1.807, 2.05) is 19.1 Å². The van der Waals surface area contributed by atoms with Gasteiger partial charge in [0.2, 0.25) is 5.91 Å². The highest BCUT2D eigenvalue weighted by atomic mass is 16.6. The van der Waals surface area contributed by atoms with Crippen LogP contribution in [0.5, 0.6) is 0 Å². The van der Waals surface area contributed by atoms with E-state index in [1.54, 1.807) is 20.8 Å². The zero-order valence-electron chi connectivity index (χ0n) is 12.2. The molecule has 0 saturated heterocycles. The van der Waals surface area contributed by atoms with E-state index in [0.29, 0.717) is 19.4 Å².